The molecule has 2 aliphatic rings. The minimum atomic E-state index is -1.10. The zero-order valence-corrected chi connectivity index (χ0v) is 12.4. The lowest BCUT2D eigenvalue weighted by Gasteiger charge is -2.16. The van der Waals surface area contributed by atoms with Crippen molar-refractivity contribution in [1.29, 1.82) is 0 Å². The number of likely N-dealkylation sites (tertiary alicyclic amines) is 1. The Labute approximate surface area is 130 Å². The number of carbonyl (C=O) groups is 1. The number of benzene rings is 1. The van der Waals surface area contributed by atoms with Crippen LogP contribution in [0, 0.1) is 23.5 Å². The van der Waals surface area contributed by atoms with Crippen molar-refractivity contribution in [2.75, 3.05) is 26.2 Å². The fourth-order valence-corrected chi connectivity index (χ4v) is 3.69. The van der Waals surface area contributed by atoms with Crippen LogP contribution in [0.1, 0.15) is 10.5 Å². The Balaban J connectivity index is 1.66. The summed E-state index contributed by atoms with van der Waals surface area (Å²) in [6.45, 7) is 3.25. The molecule has 0 aliphatic carbocycles. The van der Waals surface area contributed by atoms with Gasteiger partial charge in [0.25, 0.3) is 5.91 Å². The molecule has 2 fully saturated rings. The molecule has 2 aromatic rings. The highest BCUT2D eigenvalue weighted by atomic mass is 35.5. The summed E-state index contributed by atoms with van der Waals surface area (Å²) in [5, 5.41) is 3.42. The zero-order valence-electron chi connectivity index (χ0n) is 11.6. The number of rotatable bonds is 1. The van der Waals surface area contributed by atoms with Crippen LogP contribution in [0.4, 0.5) is 8.78 Å². The molecule has 2 N–H and O–H groups in total. The fraction of sp³-hybridized carbons (Fsp3) is 0.400. The van der Waals surface area contributed by atoms with Gasteiger partial charge in [-0.15, -0.1) is 0 Å². The number of nitrogens with zero attached hydrogens (tertiary/aromatic N) is 1. The molecular formula is C15H14ClF2N3O. The highest BCUT2D eigenvalue weighted by Crippen LogP contribution is 2.30. The van der Waals surface area contributed by atoms with Crippen molar-refractivity contribution in [2.24, 2.45) is 11.8 Å². The SMILES string of the molecule is O=C(c1cc2cc(Cl)c(F)c(F)c2[nH]1)N1CC2CNC[C@@H]2C1. The van der Waals surface area contributed by atoms with E-state index in [0.717, 1.165) is 13.1 Å². The smallest absolute Gasteiger partial charge is 0.270 e. The molecule has 116 valence electrons. The second-order valence-corrected chi connectivity index (χ2v) is 6.43. The van der Waals surface area contributed by atoms with E-state index in [2.05, 4.69) is 10.3 Å². The fourth-order valence-electron chi connectivity index (χ4n) is 3.49. The first-order chi connectivity index (χ1) is 10.5. The molecule has 0 bridgehead atoms. The van der Waals surface area contributed by atoms with Gasteiger partial charge in [-0.25, -0.2) is 8.78 Å². The summed E-state index contributed by atoms with van der Waals surface area (Å²) in [4.78, 5) is 17.0. The minimum absolute atomic E-state index is 0.0219. The highest BCUT2D eigenvalue weighted by Gasteiger charge is 2.38. The molecule has 1 aromatic heterocycles. The van der Waals surface area contributed by atoms with Crippen molar-refractivity contribution in [3.8, 4) is 0 Å². The van der Waals surface area contributed by atoms with E-state index in [1.807, 2.05) is 0 Å². The summed E-state index contributed by atoms with van der Waals surface area (Å²) in [7, 11) is 0. The molecule has 0 saturated carbocycles. The Morgan fingerprint density at radius 3 is 2.55 bits per heavy atom. The molecule has 1 unspecified atom stereocenters. The molecule has 4 rings (SSSR count). The average molecular weight is 326 g/mol. The monoisotopic (exact) mass is 325 g/mol. The van der Waals surface area contributed by atoms with Gasteiger partial charge in [0.15, 0.2) is 11.6 Å². The third kappa shape index (κ3) is 2.01. The van der Waals surface area contributed by atoms with Crippen LogP contribution >= 0.6 is 11.6 Å². The van der Waals surface area contributed by atoms with Gasteiger partial charge in [0.2, 0.25) is 0 Å². The Morgan fingerprint density at radius 2 is 1.86 bits per heavy atom. The number of aromatic nitrogens is 1. The average Bonchev–Trinajstić information content (AvgIpc) is 3.17. The van der Waals surface area contributed by atoms with Crippen LogP contribution in [0.5, 0.6) is 0 Å². The van der Waals surface area contributed by atoms with E-state index in [1.54, 1.807) is 4.90 Å². The maximum absolute atomic E-state index is 13.9. The van der Waals surface area contributed by atoms with Gasteiger partial charge < -0.3 is 15.2 Å². The Bertz CT molecular complexity index is 764. The topological polar surface area (TPSA) is 48.1 Å². The van der Waals surface area contributed by atoms with Gasteiger partial charge in [-0.2, -0.15) is 0 Å². The van der Waals surface area contributed by atoms with Crippen molar-refractivity contribution < 1.29 is 13.6 Å². The molecule has 0 radical (unpaired) electrons. The van der Waals surface area contributed by atoms with Crippen LogP contribution in [0.2, 0.25) is 5.02 Å². The van der Waals surface area contributed by atoms with Crippen molar-refractivity contribution in [3.63, 3.8) is 0 Å². The van der Waals surface area contributed by atoms with Gasteiger partial charge >= 0.3 is 0 Å². The number of halogens is 3. The van der Waals surface area contributed by atoms with Crippen molar-refractivity contribution >= 4 is 28.4 Å². The molecule has 1 amide bonds. The number of amides is 1. The summed E-state index contributed by atoms with van der Waals surface area (Å²) < 4.78 is 27.4. The van der Waals surface area contributed by atoms with Crippen LogP contribution in [-0.4, -0.2) is 42.0 Å². The number of H-pyrrole nitrogens is 1. The molecule has 3 heterocycles. The molecule has 2 atom stereocenters. The van der Waals surface area contributed by atoms with Gasteiger partial charge in [-0.1, -0.05) is 11.6 Å². The van der Waals surface area contributed by atoms with E-state index in [1.165, 1.54) is 12.1 Å². The van der Waals surface area contributed by atoms with E-state index in [-0.39, 0.29) is 22.1 Å². The van der Waals surface area contributed by atoms with Crippen LogP contribution in [0.15, 0.2) is 12.1 Å². The molecule has 1 aromatic carbocycles. The van der Waals surface area contributed by atoms with Crippen LogP contribution in [-0.2, 0) is 0 Å². The lowest BCUT2D eigenvalue weighted by molar-refractivity contribution is 0.0777. The minimum Gasteiger partial charge on any atom is -0.348 e. The first kappa shape index (κ1) is 14.0. The lowest BCUT2D eigenvalue weighted by atomic mass is 10.0. The number of aromatic amines is 1. The maximum Gasteiger partial charge on any atom is 0.270 e. The van der Waals surface area contributed by atoms with E-state index < -0.39 is 11.6 Å². The quantitative estimate of drug-likeness (QED) is 0.791. The number of nitrogens with one attached hydrogen (secondary N) is 2. The molecule has 22 heavy (non-hydrogen) atoms. The largest absolute Gasteiger partial charge is 0.348 e. The van der Waals surface area contributed by atoms with Gasteiger partial charge in [0.1, 0.15) is 5.69 Å². The van der Waals surface area contributed by atoms with Gasteiger partial charge in [0, 0.05) is 31.6 Å². The summed E-state index contributed by atoms with van der Waals surface area (Å²) in [5.74, 6) is -1.36. The van der Waals surface area contributed by atoms with Crippen LogP contribution in [0.25, 0.3) is 10.9 Å². The second-order valence-electron chi connectivity index (χ2n) is 6.02. The summed E-state index contributed by atoms with van der Waals surface area (Å²) in [5.41, 5.74) is 0.245. The summed E-state index contributed by atoms with van der Waals surface area (Å²) in [6, 6.07) is 2.85. The molecule has 2 saturated heterocycles. The number of hydrogen-bond donors (Lipinski definition) is 2. The van der Waals surface area contributed by atoms with Crippen molar-refractivity contribution in [2.45, 2.75) is 0 Å². The normalized spacial score (nSPS) is 24.2. The first-order valence-electron chi connectivity index (χ1n) is 7.21. The predicted molar refractivity (Wildman–Crippen MR) is 79.0 cm³/mol. The summed E-state index contributed by atoms with van der Waals surface area (Å²) >= 11 is 5.64. The van der Waals surface area contributed by atoms with Crippen molar-refractivity contribution in [1.82, 2.24) is 15.2 Å². The first-order valence-corrected chi connectivity index (χ1v) is 7.58. The number of carbonyl (C=O) groups excluding carboxylic acids is 1. The second kappa shape index (κ2) is 4.93. The zero-order chi connectivity index (χ0) is 15.4. The highest BCUT2D eigenvalue weighted by molar-refractivity contribution is 6.31. The van der Waals surface area contributed by atoms with E-state index in [0.29, 0.717) is 30.3 Å². The van der Waals surface area contributed by atoms with E-state index in [9.17, 15) is 13.6 Å². The Hall–Kier alpha value is -1.66. The molecular weight excluding hydrogens is 312 g/mol. The van der Waals surface area contributed by atoms with Crippen molar-refractivity contribution in [3.05, 3.63) is 34.5 Å². The molecule has 0 spiro atoms. The predicted octanol–water partition coefficient (Wildman–Crippen LogP) is 2.39. The molecule has 7 heteroatoms. The van der Waals surface area contributed by atoms with E-state index in [4.69, 9.17) is 11.6 Å². The van der Waals surface area contributed by atoms with Crippen LogP contribution in [0.3, 0.4) is 0 Å². The molecule has 4 nitrogen and oxygen atoms in total. The Kier molecular flexibility index (Phi) is 3.13. The number of fused-ring (bicyclic) bond motifs is 2. The standard InChI is InChI=1S/C15H14ClF2N3O/c16-10-1-7-2-11(20-14(7)13(18)12(10)17)15(22)21-5-8-3-19-4-9(8)6-21/h1-2,8-9,19-20H,3-6H2/t8-,9?/m1/s1. The third-order valence-electron chi connectivity index (χ3n) is 4.66. The lowest BCUT2D eigenvalue weighted by Crippen LogP contribution is -2.32. The molecule has 2 aliphatic heterocycles. The van der Waals surface area contributed by atoms with Gasteiger partial charge in [-0.05, 0) is 24.0 Å². The van der Waals surface area contributed by atoms with Crippen LogP contribution < -0.4 is 5.32 Å². The van der Waals surface area contributed by atoms with Gasteiger partial charge in [0.05, 0.1) is 10.5 Å². The Morgan fingerprint density at radius 1 is 1.18 bits per heavy atom. The maximum atomic E-state index is 13.9. The third-order valence-corrected chi connectivity index (χ3v) is 4.93. The number of hydrogen-bond acceptors (Lipinski definition) is 2. The van der Waals surface area contributed by atoms with Gasteiger partial charge in [-0.3, -0.25) is 4.79 Å². The summed E-state index contributed by atoms with van der Waals surface area (Å²) in [6.07, 6.45) is 0. The van der Waals surface area contributed by atoms with E-state index >= 15 is 0 Å².